The zero-order chi connectivity index (χ0) is 38.2. The predicted molar refractivity (Wildman–Crippen MR) is 196 cm³/mol. The molecule has 1 aliphatic carbocycles. The highest BCUT2D eigenvalue weighted by molar-refractivity contribution is 6.24. The molecule has 2 amide bonds. The van der Waals surface area contributed by atoms with Crippen LogP contribution in [0.2, 0.25) is 0 Å². The molecule has 4 atom stereocenters. The van der Waals surface area contributed by atoms with E-state index in [1.54, 1.807) is 68.6 Å². The first-order chi connectivity index (χ1) is 25.9. The molecule has 0 bridgehead atoms. The number of rotatable bonds is 8. The SMILES string of the molecule is COc1ccc(O)c([C@H]2C3=CCn4c(=O)n(CCc5nc6cc(OC)c(OC)cc6n(C)c5=O)c(=O)n4[C@@H]3C[C@H]3C(=O)N(c4ccccc4)C(=O)[C@@]23C)c1. The van der Waals surface area contributed by atoms with E-state index >= 15 is 0 Å². The number of hydrogen-bond acceptors (Lipinski definition) is 10. The van der Waals surface area contributed by atoms with E-state index < -0.39 is 52.0 Å². The standard InChI is InChI=1S/C39H38N6O9/c1-39-25(34(47)44(36(39)49)21-9-7-6-8-10-21)18-28-23(33(39)24-17-22(52-3)11-12-30(24)46)13-16-43-37(50)42(38(51)45(28)43)15-14-26-35(48)41(2)29-20-32(54-5)31(53-4)19-27(29)40-26/h6-13,17,19-20,25,28,33,46H,14-16,18H2,1-5H3/t25-,28+,33+,39+/m0/s1. The summed E-state index contributed by atoms with van der Waals surface area (Å²) in [6.07, 6.45) is 1.84. The van der Waals surface area contributed by atoms with E-state index in [2.05, 4.69) is 4.98 Å². The van der Waals surface area contributed by atoms with Crippen molar-refractivity contribution in [3.63, 3.8) is 0 Å². The lowest BCUT2D eigenvalue weighted by Crippen LogP contribution is -2.49. The van der Waals surface area contributed by atoms with Crippen molar-refractivity contribution in [3.8, 4) is 23.0 Å². The molecular formula is C39H38N6O9. The molecule has 2 aromatic heterocycles. The number of allylic oxidation sites excluding steroid dienone is 2. The molecule has 1 saturated heterocycles. The second-order valence-corrected chi connectivity index (χ2v) is 14.0. The van der Waals surface area contributed by atoms with E-state index in [-0.39, 0.29) is 37.4 Å². The van der Waals surface area contributed by atoms with Gasteiger partial charge in [-0.15, -0.1) is 0 Å². The molecule has 15 nitrogen and oxygen atoms in total. The quantitative estimate of drug-likeness (QED) is 0.185. The smallest absolute Gasteiger partial charge is 0.347 e. The Hall–Kier alpha value is -6.38. The number of methoxy groups -OCH3 is 3. The number of hydrogen-bond donors (Lipinski definition) is 1. The Morgan fingerprint density at radius 1 is 0.907 bits per heavy atom. The Bertz CT molecular complexity index is 2600. The van der Waals surface area contributed by atoms with Crippen molar-refractivity contribution in [2.45, 2.75) is 44.8 Å². The number of anilines is 1. The lowest BCUT2D eigenvalue weighted by molar-refractivity contribution is -0.129. The molecule has 0 radical (unpaired) electrons. The van der Waals surface area contributed by atoms with Crippen molar-refractivity contribution >= 4 is 28.5 Å². The van der Waals surface area contributed by atoms with Crippen molar-refractivity contribution in [2.24, 2.45) is 18.4 Å². The first-order valence-corrected chi connectivity index (χ1v) is 17.5. The van der Waals surface area contributed by atoms with Crippen LogP contribution in [0.4, 0.5) is 5.69 Å². The van der Waals surface area contributed by atoms with Gasteiger partial charge in [-0.05, 0) is 49.2 Å². The van der Waals surface area contributed by atoms with Gasteiger partial charge in [-0.1, -0.05) is 24.3 Å². The average Bonchev–Trinajstić information content (AvgIpc) is 3.54. The normalized spacial score (nSPS) is 21.8. The lowest BCUT2D eigenvalue weighted by Gasteiger charge is -2.47. The number of aryl methyl sites for hydroxylation is 2. The molecule has 278 valence electrons. The van der Waals surface area contributed by atoms with Gasteiger partial charge in [0.25, 0.3) is 5.56 Å². The van der Waals surface area contributed by atoms with Gasteiger partial charge in [0.2, 0.25) is 11.8 Å². The number of amides is 2. The van der Waals surface area contributed by atoms with E-state index in [1.165, 1.54) is 46.2 Å². The summed E-state index contributed by atoms with van der Waals surface area (Å²) in [6.45, 7) is 1.59. The summed E-state index contributed by atoms with van der Waals surface area (Å²) in [4.78, 5) is 76.4. The molecular weight excluding hydrogens is 696 g/mol. The van der Waals surface area contributed by atoms with E-state index in [0.29, 0.717) is 45.1 Å². The molecule has 15 heteroatoms. The molecule has 0 spiro atoms. The number of phenols is 1. The summed E-state index contributed by atoms with van der Waals surface area (Å²) in [5.74, 6) is -1.44. The van der Waals surface area contributed by atoms with Gasteiger partial charge in [-0.3, -0.25) is 14.4 Å². The second kappa shape index (κ2) is 12.6. The fourth-order valence-electron chi connectivity index (χ4n) is 8.66. The molecule has 5 aromatic rings. The summed E-state index contributed by atoms with van der Waals surface area (Å²) < 4.78 is 21.5. The molecule has 2 aliphatic heterocycles. The molecule has 1 N–H and O–H groups in total. The number of imide groups is 1. The maximum Gasteiger partial charge on any atom is 0.347 e. The number of fused-ring (bicyclic) bond motifs is 5. The summed E-state index contributed by atoms with van der Waals surface area (Å²) in [5, 5.41) is 11.3. The van der Waals surface area contributed by atoms with Crippen LogP contribution in [0.15, 0.2) is 86.7 Å². The van der Waals surface area contributed by atoms with Crippen LogP contribution in [0, 0.1) is 11.3 Å². The molecule has 2 fully saturated rings. The molecule has 3 aromatic carbocycles. The van der Waals surface area contributed by atoms with Crippen LogP contribution in [0.5, 0.6) is 23.0 Å². The number of benzene rings is 3. The number of ether oxygens (including phenoxy) is 3. The molecule has 0 unspecified atom stereocenters. The molecule has 8 rings (SSSR count). The number of carbonyl (C=O) groups excluding carboxylic acids is 2. The minimum atomic E-state index is -1.36. The van der Waals surface area contributed by atoms with Crippen LogP contribution >= 0.6 is 0 Å². The van der Waals surface area contributed by atoms with Crippen LogP contribution in [0.3, 0.4) is 0 Å². The van der Waals surface area contributed by atoms with Crippen molar-refractivity contribution < 1.29 is 28.9 Å². The lowest BCUT2D eigenvalue weighted by atomic mass is 9.56. The second-order valence-electron chi connectivity index (χ2n) is 14.0. The van der Waals surface area contributed by atoms with Gasteiger partial charge in [0.05, 0.1) is 62.0 Å². The van der Waals surface area contributed by atoms with E-state index in [9.17, 15) is 29.1 Å². The number of carbonyl (C=O) groups is 2. The number of nitrogens with zero attached hydrogens (tertiary/aromatic N) is 6. The number of aromatic nitrogens is 5. The minimum absolute atomic E-state index is 0.00294. The van der Waals surface area contributed by atoms with E-state index in [0.717, 1.165) is 4.57 Å². The highest BCUT2D eigenvalue weighted by Crippen LogP contribution is 2.62. The van der Waals surface area contributed by atoms with E-state index in [4.69, 9.17) is 14.2 Å². The van der Waals surface area contributed by atoms with Crippen molar-refractivity contribution in [2.75, 3.05) is 26.2 Å². The average molecular weight is 735 g/mol. The monoisotopic (exact) mass is 734 g/mol. The minimum Gasteiger partial charge on any atom is -0.508 e. The summed E-state index contributed by atoms with van der Waals surface area (Å²) in [6, 6.07) is 15.9. The number of para-hydroxylation sites is 1. The largest absolute Gasteiger partial charge is 0.508 e. The van der Waals surface area contributed by atoms with Crippen LogP contribution in [0.1, 0.15) is 36.6 Å². The van der Waals surface area contributed by atoms with Gasteiger partial charge < -0.3 is 23.9 Å². The molecule has 4 heterocycles. The summed E-state index contributed by atoms with van der Waals surface area (Å²) in [5.41, 5.74) is -0.430. The Labute approximate surface area is 307 Å². The van der Waals surface area contributed by atoms with Gasteiger partial charge in [-0.25, -0.2) is 33.4 Å². The van der Waals surface area contributed by atoms with Gasteiger partial charge in [-0.2, -0.15) is 0 Å². The first kappa shape index (κ1) is 34.7. The highest BCUT2D eigenvalue weighted by atomic mass is 16.5. The zero-order valence-corrected chi connectivity index (χ0v) is 30.3. The zero-order valence-electron chi connectivity index (χ0n) is 30.3. The summed E-state index contributed by atoms with van der Waals surface area (Å²) in [7, 11) is 6.09. The Morgan fingerprint density at radius 3 is 2.33 bits per heavy atom. The van der Waals surface area contributed by atoms with Gasteiger partial charge in [0.15, 0.2) is 11.5 Å². The third kappa shape index (κ3) is 4.87. The van der Waals surface area contributed by atoms with Gasteiger partial charge in [0, 0.05) is 43.6 Å². The fraction of sp³-hybridized carbons (Fsp3) is 0.333. The van der Waals surface area contributed by atoms with Crippen LogP contribution in [-0.2, 0) is 36.1 Å². The molecule has 1 saturated carbocycles. The number of aromatic hydroxyl groups is 1. The maximum absolute atomic E-state index is 14.6. The van der Waals surface area contributed by atoms with Crippen molar-refractivity contribution in [1.29, 1.82) is 0 Å². The Kier molecular flexibility index (Phi) is 8.12. The Morgan fingerprint density at radius 2 is 1.63 bits per heavy atom. The van der Waals surface area contributed by atoms with E-state index in [1.807, 2.05) is 6.08 Å². The molecule has 3 aliphatic rings. The highest BCUT2D eigenvalue weighted by Gasteiger charge is 2.65. The van der Waals surface area contributed by atoms with Crippen molar-refractivity contribution in [3.05, 3.63) is 115 Å². The maximum atomic E-state index is 14.6. The predicted octanol–water partition coefficient (Wildman–Crippen LogP) is 2.90. The number of phenolic OH excluding ortho intramolecular Hbond substituents is 1. The topological polar surface area (TPSA) is 169 Å². The molecule has 54 heavy (non-hydrogen) atoms. The third-order valence-corrected chi connectivity index (χ3v) is 11.4. The third-order valence-electron chi connectivity index (χ3n) is 11.4. The Balaban J connectivity index is 1.22. The van der Waals surface area contributed by atoms with Gasteiger partial charge in [0.1, 0.15) is 17.2 Å². The fourth-order valence-corrected chi connectivity index (χ4v) is 8.66. The van der Waals surface area contributed by atoms with Crippen LogP contribution in [-0.4, -0.2) is 61.7 Å². The van der Waals surface area contributed by atoms with Crippen LogP contribution < -0.4 is 36.0 Å². The van der Waals surface area contributed by atoms with Crippen molar-refractivity contribution in [1.82, 2.24) is 23.5 Å². The van der Waals surface area contributed by atoms with Crippen LogP contribution in [0.25, 0.3) is 11.0 Å². The van der Waals surface area contributed by atoms with Gasteiger partial charge >= 0.3 is 11.4 Å². The summed E-state index contributed by atoms with van der Waals surface area (Å²) >= 11 is 0. The first-order valence-electron chi connectivity index (χ1n) is 17.5.